The Morgan fingerprint density at radius 1 is 1.09 bits per heavy atom. The van der Waals surface area contributed by atoms with Gasteiger partial charge in [0.25, 0.3) is 0 Å². The third kappa shape index (κ3) is 25.7. The van der Waals surface area contributed by atoms with Crippen LogP contribution in [0.5, 0.6) is 0 Å². The molecule has 0 saturated heterocycles. The highest BCUT2D eigenvalue weighted by Gasteiger charge is 2.05. The molecule has 0 unspecified atom stereocenters. The van der Waals surface area contributed by atoms with Gasteiger partial charge in [-0.05, 0) is 33.7 Å². The molecule has 1 N–H and O–H groups in total. The first-order valence-corrected chi connectivity index (χ1v) is 4.72. The molecule has 72 valence electrons. The second-order valence-electron chi connectivity index (χ2n) is 3.88. The average Bonchev–Trinajstić information content (AvgIpc) is 1.84. The van der Waals surface area contributed by atoms with Crippen molar-refractivity contribution in [3.63, 3.8) is 0 Å². The Hall–Kier alpha value is -0.0400. The molecule has 1 heteroatoms. The lowest BCUT2D eigenvalue weighted by atomic mass is 10.1. The van der Waals surface area contributed by atoms with Crippen molar-refractivity contribution in [2.45, 2.75) is 59.9 Å². The molecule has 1 nitrogen and oxygen atoms in total. The van der Waals surface area contributed by atoms with E-state index in [1.807, 2.05) is 0 Å². The van der Waals surface area contributed by atoms with E-state index in [9.17, 15) is 0 Å². The van der Waals surface area contributed by atoms with Gasteiger partial charge in [-0.1, -0.05) is 27.2 Å². The maximum atomic E-state index is 3.37. The fraction of sp³-hybridized carbons (Fsp3) is 1.00. The van der Waals surface area contributed by atoms with Crippen molar-refractivity contribution < 1.29 is 1.43 Å². The van der Waals surface area contributed by atoms with Gasteiger partial charge in [0.05, 0.1) is 0 Å². The first-order valence-electron chi connectivity index (χ1n) is 4.72. The summed E-state index contributed by atoms with van der Waals surface area (Å²) in [5.41, 5.74) is 0.302. The minimum Gasteiger partial charge on any atom is -0.312 e. The second-order valence-corrected chi connectivity index (χ2v) is 3.88. The van der Waals surface area contributed by atoms with E-state index < -0.39 is 0 Å². The second kappa shape index (κ2) is 8.06. The minimum absolute atomic E-state index is 0. The Labute approximate surface area is 74.1 Å². The van der Waals surface area contributed by atoms with E-state index in [2.05, 4.69) is 46.9 Å². The van der Waals surface area contributed by atoms with Gasteiger partial charge in [0, 0.05) is 6.97 Å². The number of rotatable bonds is 2. The van der Waals surface area contributed by atoms with Crippen molar-refractivity contribution in [2.24, 2.45) is 0 Å². The van der Waals surface area contributed by atoms with Crippen LogP contribution in [0, 0.1) is 0 Å². The van der Waals surface area contributed by atoms with Gasteiger partial charge >= 0.3 is 0 Å². The van der Waals surface area contributed by atoms with Crippen LogP contribution in [-0.2, 0) is 0 Å². The van der Waals surface area contributed by atoms with E-state index >= 15 is 0 Å². The normalized spacial score (nSPS) is 10.4. The third-order valence-electron chi connectivity index (χ3n) is 0.905. The standard InChI is InChI=1S/C7H17N.C3H8.H2/c1-5-6-8-7(2,3)4;1-3-2;/h8H,5-6H2,1-4H3;3H2,1-2H3;1H. The molecule has 0 rings (SSSR count). The van der Waals surface area contributed by atoms with Crippen molar-refractivity contribution in [2.75, 3.05) is 6.54 Å². The highest BCUT2D eigenvalue weighted by Crippen LogP contribution is 1.96. The Kier molecular flexibility index (Phi) is 9.92. The fourth-order valence-corrected chi connectivity index (χ4v) is 0.500. The van der Waals surface area contributed by atoms with E-state index in [1.54, 1.807) is 0 Å². The van der Waals surface area contributed by atoms with E-state index in [0.717, 1.165) is 6.54 Å². The van der Waals surface area contributed by atoms with Crippen LogP contribution in [0.25, 0.3) is 0 Å². The van der Waals surface area contributed by atoms with Gasteiger partial charge in [-0.3, -0.25) is 0 Å². The lowest BCUT2D eigenvalue weighted by Gasteiger charge is -2.19. The molecule has 0 spiro atoms. The van der Waals surface area contributed by atoms with Crippen LogP contribution in [0.2, 0.25) is 0 Å². The number of hydrogen-bond acceptors (Lipinski definition) is 1. The van der Waals surface area contributed by atoms with E-state index in [-0.39, 0.29) is 1.43 Å². The van der Waals surface area contributed by atoms with Crippen LogP contribution in [0.3, 0.4) is 0 Å². The van der Waals surface area contributed by atoms with Gasteiger partial charge in [-0.25, -0.2) is 0 Å². The average molecular weight is 161 g/mol. The van der Waals surface area contributed by atoms with Crippen LogP contribution < -0.4 is 5.32 Å². The van der Waals surface area contributed by atoms with Crippen molar-refractivity contribution in [1.82, 2.24) is 5.32 Å². The van der Waals surface area contributed by atoms with Gasteiger partial charge in [0.2, 0.25) is 0 Å². The molecule has 0 bridgehead atoms. The summed E-state index contributed by atoms with van der Waals surface area (Å²) in [6.45, 7) is 14.1. The fourth-order valence-electron chi connectivity index (χ4n) is 0.500. The van der Waals surface area contributed by atoms with Crippen LogP contribution in [0.15, 0.2) is 0 Å². The first-order chi connectivity index (χ1) is 4.97. The zero-order valence-corrected chi connectivity index (χ0v) is 9.12. The SMILES string of the molecule is CCC.CCCNC(C)(C)C.[HH]. The van der Waals surface area contributed by atoms with Gasteiger partial charge in [-0.15, -0.1) is 0 Å². The summed E-state index contributed by atoms with van der Waals surface area (Å²) in [6.07, 6.45) is 2.47. The molecule has 0 amide bonds. The summed E-state index contributed by atoms with van der Waals surface area (Å²) in [7, 11) is 0. The Balaban J connectivity index is -0.000000177. The molecular weight excluding hydrogens is 134 g/mol. The van der Waals surface area contributed by atoms with Crippen molar-refractivity contribution >= 4 is 0 Å². The Morgan fingerprint density at radius 2 is 1.45 bits per heavy atom. The molecule has 0 aromatic rings. The molecule has 0 aliphatic rings. The number of nitrogens with one attached hydrogen (secondary N) is 1. The summed E-state index contributed by atoms with van der Waals surface area (Å²) >= 11 is 0. The summed E-state index contributed by atoms with van der Waals surface area (Å²) in [4.78, 5) is 0. The Morgan fingerprint density at radius 3 is 1.55 bits per heavy atom. The molecule has 0 atom stereocenters. The molecule has 0 fully saturated rings. The van der Waals surface area contributed by atoms with Crippen LogP contribution >= 0.6 is 0 Å². The quantitative estimate of drug-likeness (QED) is 0.654. The minimum atomic E-state index is 0. The monoisotopic (exact) mass is 161 g/mol. The molecule has 0 aliphatic heterocycles. The Bertz CT molecular complexity index is 66.7. The molecule has 0 aromatic heterocycles. The molecule has 0 heterocycles. The first kappa shape index (κ1) is 13.5. The van der Waals surface area contributed by atoms with Gasteiger partial charge in [0.15, 0.2) is 0 Å². The largest absolute Gasteiger partial charge is 0.312 e. The predicted molar refractivity (Wildman–Crippen MR) is 56.1 cm³/mol. The maximum absolute atomic E-state index is 3.37. The summed E-state index contributed by atoms with van der Waals surface area (Å²) < 4.78 is 0. The third-order valence-corrected chi connectivity index (χ3v) is 0.905. The lowest BCUT2D eigenvalue weighted by Crippen LogP contribution is -2.36. The van der Waals surface area contributed by atoms with Crippen molar-refractivity contribution in [3.05, 3.63) is 0 Å². The summed E-state index contributed by atoms with van der Waals surface area (Å²) in [5.74, 6) is 0. The van der Waals surface area contributed by atoms with E-state index in [1.165, 1.54) is 12.8 Å². The zero-order chi connectivity index (χ0) is 9.33. The van der Waals surface area contributed by atoms with Crippen molar-refractivity contribution in [1.29, 1.82) is 0 Å². The lowest BCUT2D eigenvalue weighted by molar-refractivity contribution is 0.427. The maximum Gasteiger partial charge on any atom is 0.00965 e. The highest BCUT2D eigenvalue weighted by molar-refractivity contribution is 4.68. The van der Waals surface area contributed by atoms with Gasteiger partial charge in [0.1, 0.15) is 0 Å². The molecular formula is C10H27N. The molecule has 0 saturated carbocycles. The van der Waals surface area contributed by atoms with Gasteiger partial charge in [-0.2, -0.15) is 0 Å². The molecule has 0 aromatic carbocycles. The van der Waals surface area contributed by atoms with Crippen LogP contribution in [0.4, 0.5) is 0 Å². The predicted octanol–water partition coefficient (Wildman–Crippen LogP) is 3.45. The smallest absolute Gasteiger partial charge is 0.00965 e. The summed E-state index contributed by atoms with van der Waals surface area (Å²) in [6, 6.07) is 0. The van der Waals surface area contributed by atoms with E-state index in [0.29, 0.717) is 5.54 Å². The van der Waals surface area contributed by atoms with Crippen molar-refractivity contribution in [3.8, 4) is 0 Å². The van der Waals surface area contributed by atoms with Crippen LogP contribution in [0.1, 0.15) is 55.8 Å². The molecule has 0 radical (unpaired) electrons. The van der Waals surface area contributed by atoms with Gasteiger partial charge < -0.3 is 5.32 Å². The van der Waals surface area contributed by atoms with E-state index in [4.69, 9.17) is 0 Å². The topological polar surface area (TPSA) is 12.0 Å². The molecule has 0 aliphatic carbocycles. The zero-order valence-electron chi connectivity index (χ0n) is 9.12. The highest BCUT2D eigenvalue weighted by atomic mass is 14.9. The molecule has 11 heavy (non-hydrogen) atoms. The number of hydrogen-bond donors (Lipinski definition) is 1. The summed E-state index contributed by atoms with van der Waals surface area (Å²) in [5, 5.41) is 3.37. The van der Waals surface area contributed by atoms with Crippen LogP contribution in [-0.4, -0.2) is 12.1 Å².